The first kappa shape index (κ1) is 24.2. The van der Waals surface area contributed by atoms with Crippen LogP contribution in [-0.4, -0.2) is 59.9 Å². The molecule has 180 valence electrons. The van der Waals surface area contributed by atoms with Crippen LogP contribution in [0.5, 0.6) is 0 Å². The summed E-state index contributed by atoms with van der Waals surface area (Å²) in [4.78, 5) is 17.6. The standard InChI is InChI=1S/C26H31ClFN5O/c1-20-24(25(27)33(30-20)19-21-9-11-22(28)12-10-21)26(34)29-13-5-6-14-31-15-17-32(18-16-31)23-7-3-2-4-8-23/h2-4,7-12H,5-6,13-19H2,1H3,(H,29,34). The van der Waals surface area contributed by atoms with Crippen LogP contribution in [0.3, 0.4) is 0 Å². The van der Waals surface area contributed by atoms with Crippen LogP contribution in [-0.2, 0) is 6.54 Å². The van der Waals surface area contributed by atoms with Gasteiger partial charge in [0.15, 0.2) is 0 Å². The second-order valence-corrected chi connectivity index (χ2v) is 9.02. The van der Waals surface area contributed by atoms with Gasteiger partial charge in [-0.1, -0.05) is 41.9 Å². The summed E-state index contributed by atoms with van der Waals surface area (Å²) in [7, 11) is 0. The number of para-hydroxylation sites is 1. The van der Waals surface area contributed by atoms with Crippen molar-refractivity contribution in [1.82, 2.24) is 20.0 Å². The van der Waals surface area contributed by atoms with Crippen LogP contribution in [0.25, 0.3) is 0 Å². The molecule has 4 rings (SSSR count). The van der Waals surface area contributed by atoms with Gasteiger partial charge >= 0.3 is 0 Å². The zero-order valence-corrected chi connectivity index (χ0v) is 20.3. The fourth-order valence-electron chi connectivity index (χ4n) is 4.30. The van der Waals surface area contributed by atoms with Crippen LogP contribution in [0.15, 0.2) is 54.6 Å². The van der Waals surface area contributed by atoms with Crippen LogP contribution in [0, 0.1) is 12.7 Å². The molecule has 0 bridgehead atoms. The van der Waals surface area contributed by atoms with Crippen molar-refractivity contribution in [2.24, 2.45) is 0 Å². The molecule has 1 saturated heterocycles. The Labute approximate surface area is 205 Å². The van der Waals surface area contributed by atoms with Crippen molar-refractivity contribution < 1.29 is 9.18 Å². The van der Waals surface area contributed by atoms with Gasteiger partial charge < -0.3 is 10.2 Å². The maximum atomic E-state index is 13.1. The molecule has 8 heteroatoms. The lowest BCUT2D eigenvalue weighted by Crippen LogP contribution is -2.46. The van der Waals surface area contributed by atoms with E-state index >= 15 is 0 Å². The van der Waals surface area contributed by atoms with Crippen molar-refractivity contribution in [3.8, 4) is 0 Å². The zero-order chi connectivity index (χ0) is 23.9. The Balaban J connectivity index is 1.18. The molecule has 3 aromatic rings. The monoisotopic (exact) mass is 483 g/mol. The Hall–Kier alpha value is -2.90. The average Bonchev–Trinajstić information content (AvgIpc) is 3.13. The molecule has 2 heterocycles. The summed E-state index contributed by atoms with van der Waals surface area (Å²) in [5.41, 5.74) is 3.14. The lowest BCUT2D eigenvalue weighted by atomic mass is 10.2. The van der Waals surface area contributed by atoms with Crippen molar-refractivity contribution in [2.75, 3.05) is 44.2 Å². The summed E-state index contributed by atoms with van der Waals surface area (Å²) in [5, 5.41) is 7.68. The number of aryl methyl sites for hydroxylation is 1. The SMILES string of the molecule is Cc1nn(Cc2ccc(F)cc2)c(Cl)c1C(=O)NCCCCN1CCN(c2ccccc2)CC1. The topological polar surface area (TPSA) is 53.4 Å². The fraction of sp³-hybridized carbons (Fsp3) is 0.385. The highest BCUT2D eigenvalue weighted by molar-refractivity contribution is 6.33. The number of hydrogen-bond donors (Lipinski definition) is 1. The number of hydrogen-bond acceptors (Lipinski definition) is 4. The summed E-state index contributed by atoms with van der Waals surface area (Å²) < 4.78 is 14.7. The van der Waals surface area contributed by atoms with E-state index in [1.807, 2.05) is 6.07 Å². The van der Waals surface area contributed by atoms with Crippen molar-refractivity contribution in [3.63, 3.8) is 0 Å². The van der Waals surface area contributed by atoms with Gasteiger partial charge in [0.2, 0.25) is 0 Å². The molecule has 1 aliphatic heterocycles. The van der Waals surface area contributed by atoms with Gasteiger partial charge in [-0.15, -0.1) is 0 Å². The fourth-order valence-corrected chi connectivity index (χ4v) is 4.62. The molecule has 0 unspecified atom stereocenters. The van der Waals surface area contributed by atoms with Gasteiger partial charge in [0, 0.05) is 38.4 Å². The van der Waals surface area contributed by atoms with E-state index in [4.69, 9.17) is 11.6 Å². The van der Waals surface area contributed by atoms with Crippen LogP contribution in [0.1, 0.15) is 34.5 Å². The van der Waals surface area contributed by atoms with E-state index in [0.717, 1.165) is 51.1 Å². The molecule has 0 aliphatic carbocycles. The quantitative estimate of drug-likeness (QED) is 0.459. The highest BCUT2D eigenvalue weighted by Gasteiger charge is 2.20. The van der Waals surface area contributed by atoms with Gasteiger partial charge in [0.25, 0.3) is 5.91 Å². The Bertz CT molecular complexity index is 1080. The highest BCUT2D eigenvalue weighted by Crippen LogP contribution is 2.21. The van der Waals surface area contributed by atoms with Crippen LogP contribution < -0.4 is 10.2 Å². The molecule has 2 aromatic carbocycles. The lowest BCUT2D eigenvalue weighted by molar-refractivity contribution is 0.0952. The Morgan fingerprint density at radius 2 is 1.74 bits per heavy atom. The van der Waals surface area contributed by atoms with E-state index in [2.05, 4.69) is 44.5 Å². The Morgan fingerprint density at radius 1 is 1.03 bits per heavy atom. The predicted molar refractivity (Wildman–Crippen MR) is 134 cm³/mol. The number of carbonyl (C=O) groups is 1. The van der Waals surface area contributed by atoms with Crippen molar-refractivity contribution in [3.05, 3.63) is 82.4 Å². The average molecular weight is 484 g/mol. The van der Waals surface area contributed by atoms with E-state index in [1.54, 1.807) is 23.7 Å². The number of unbranched alkanes of at least 4 members (excludes halogenated alkanes) is 1. The number of rotatable bonds is 9. The largest absolute Gasteiger partial charge is 0.369 e. The van der Waals surface area contributed by atoms with Gasteiger partial charge in [-0.3, -0.25) is 9.69 Å². The third-order valence-corrected chi connectivity index (χ3v) is 6.60. The normalized spacial score (nSPS) is 14.4. The van der Waals surface area contributed by atoms with Crippen molar-refractivity contribution in [1.29, 1.82) is 0 Å². The first-order valence-corrected chi connectivity index (χ1v) is 12.2. The summed E-state index contributed by atoms with van der Waals surface area (Å²) in [6.07, 6.45) is 1.94. The number of nitrogens with one attached hydrogen (secondary N) is 1. The maximum Gasteiger partial charge on any atom is 0.256 e. The van der Waals surface area contributed by atoms with E-state index in [1.165, 1.54) is 17.8 Å². The first-order chi connectivity index (χ1) is 16.5. The number of amides is 1. The molecule has 1 aliphatic rings. The number of piperazine rings is 1. The molecule has 1 N–H and O–H groups in total. The molecule has 0 saturated carbocycles. The minimum absolute atomic E-state index is 0.204. The minimum Gasteiger partial charge on any atom is -0.369 e. The number of nitrogens with zero attached hydrogens (tertiary/aromatic N) is 4. The van der Waals surface area contributed by atoms with Gasteiger partial charge in [0.1, 0.15) is 11.0 Å². The smallest absolute Gasteiger partial charge is 0.256 e. The van der Waals surface area contributed by atoms with E-state index in [-0.39, 0.29) is 11.7 Å². The predicted octanol–water partition coefficient (Wildman–Crippen LogP) is 4.36. The molecular formula is C26H31ClFN5O. The van der Waals surface area contributed by atoms with Crippen LogP contribution in [0.4, 0.5) is 10.1 Å². The van der Waals surface area contributed by atoms with Crippen LogP contribution in [0.2, 0.25) is 5.15 Å². The second-order valence-electron chi connectivity index (χ2n) is 8.66. The Kier molecular flexibility index (Phi) is 8.19. The van der Waals surface area contributed by atoms with Gasteiger partial charge in [0.05, 0.1) is 17.8 Å². The molecule has 0 atom stereocenters. The number of halogens is 2. The van der Waals surface area contributed by atoms with Gasteiger partial charge in [-0.2, -0.15) is 5.10 Å². The molecule has 0 spiro atoms. The summed E-state index contributed by atoms with van der Waals surface area (Å²) in [5.74, 6) is -0.495. The number of anilines is 1. The zero-order valence-electron chi connectivity index (χ0n) is 19.5. The third-order valence-electron chi connectivity index (χ3n) is 6.22. The van der Waals surface area contributed by atoms with E-state index < -0.39 is 0 Å². The molecule has 1 aromatic heterocycles. The van der Waals surface area contributed by atoms with Crippen molar-refractivity contribution in [2.45, 2.75) is 26.3 Å². The molecule has 6 nitrogen and oxygen atoms in total. The molecule has 1 fully saturated rings. The highest BCUT2D eigenvalue weighted by atomic mass is 35.5. The van der Waals surface area contributed by atoms with Crippen molar-refractivity contribution >= 4 is 23.2 Å². The van der Waals surface area contributed by atoms with Crippen LogP contribution >= 0.6 is 11.6 Å². The Morgan fingerprint density at radius 3 is 2.44 bits per heavy atom. The maximum absolute atomic E-state index is 13.1. The molecule has 34 heavy (non-hydrogen) atoms. The van der Waals surface area contributed by atoms with Gasteiger partial charge in [-0.05, 0) is 56.1 Å². The lowest BCUT2D eigenvalue weighted by Gasteiger charge is -2.36. The summed E-state index contributed by atoms with van der Waals surface area (Å²) in [6.45, 7) is 7.99. The first-order valence-electron chi connectivity index (χ1n) is 11.8. The van der Waals surface area contributed by atoms with Gasteiger partial charge in [-0.25, -0.2) is 9.07 Å². The molecular weight excluding hydrogens is 453 g/mol. The second kappa shape index (κ2) is 11.5. The third kappa shape index (κ3) is 6.15. The number of carbonyl (C=O) groups excluding carboxylic acids is 1. The minimum atomic E-state index is -0.291. The van der Waals surface area contributed by atoms with E-state index in [9.17, 15) is 9.18 Å². The van der Waals surface area contributed by atoms with E-state index in [0.29, 0.717) is 29.5 Å². The molecule has 1 amide bonds. The molecule has 0 radical (unpaired) electrons. The number of aromatic nitrogens is 2. The summed E-state index contributed by atoms with van der Waals surface area (Å²) >= 11 is 6.46. The number of benzene rings is 2. The summed E-state index contributed by atoms with van der Waals surface area (Å²) in [6, 6.07) is 16.7.